The summed E-state index contributed by atoms with van der Waals surface area (Å²) in [6, 6.07) is 0. The zero-order chi connectivity index (χ0) is 19.2. The van der Waals surface area contributed by atoms with E-state index in [-0.39, 0.29) is 6.42 Å². The van der Waals surface area contributed by atoms with E-state index >= 15 is 0 Å². The van der Waals surface area contributed by atoms with E-state index in [1.165, 1.54) is 0 Å². The fourth-order valence-corrected chi connectivity index (χ4v) is 2.64. The third kappa shape index (κ3) is 11.8. The highest BCUT2D eigenvalue weighted by atomic mass is 16.5. The van der Waals surface area contributed by atoms with Crippen LogP contribution in [0.25, 0.3) is 0 Å². The Kier molecular flexibility index (Phi) is 11.7. The predicted molar refractivity (Wildman–Crippen MR) is 99.3 cm³/mol. The SMILES string of the molecule is O=C(O)CCCCCCCC(O)C(O)C(O)CCCC=CC=CC1=CO1. The number of ether oxygens (including phenoxy) is 1. The number of carboxylic acid groups (broad SMARTS) is 1. The predicted octanol–water partition coefficient (Wildman–Crippen LogP) is 3.04. The lowest BCUT2D eigenvalue weighted by Gasteiger charge is -2.22. The molecule has 1 aliphatic rings. The summed E-state index contributed by atoms with van der Waals surface area (Å²) in [5.41, 5.74) is 0. The van der Waals surface area contributed by atoms with Crippen LogP contribution in [-0.2, 0) is 9.53 Å². The number of hydrogen-bond acceptors (Lipinski definition) is 5. The molecule has 0 fully saturated rings. The third-order valence-electron chi connectivity index (χ3n) is 4.31. The van der Waals surface area contributed by atoms with Gasteiger partial charge in [0, 0.05) is 6.42 Å². The van der Waals surface area contributed by atoms with E-state index in [1.807, 2.05) is 24.3 Å². The van der Waals surface area contributed by atoms with Gasteiger partial charge in [-0.05, 0) is 38.2 Å². The fourth-order valence-electron chi connectivity index (χ4n) is 2.64. The molecule has 0 aromatic heterocycles. The first-order chi connectivity index (χ1) is 12.5. The molecule has 6 heteroatoms. The number of rotatable bonds is 16. The molecular weight excluding hydrogens is 336 g/mol. The van der Waals surface area contributed by atoms with Gasteiger partial charge >= 0.3 is 5.97 Å². The lowest BCUT2D eigenvalue weighted by Crippen LogP contribution is -2.37. The van der Waals surface area contributed by atoms with Crippen molar-refractivity contribution in [3.05, 3.63) is 36.3 Å². The van der Waals surface area contributed by atoms with E-state index in [4.69, 9.17) is 9.84 Å². The molecule has 0 saturated heterocycles. The quantitative estimate of drug-likeness (QED) is 0.246. The van der Waals surface area contributed by atoms with Crippen LogP contribution in [0, 0.1) is 0 Å². The van der Waals surface area contributed by atoms with Crippen molar-refractivity contribution in [3.8, 4) is 0 Å². The third-order valence-corrected chi connectivity index (χ3v) is 4.31. The summed E-state index contributed by atoms with van der Waals surface area (Å²) in [7, 11) is 0. The molecule has 0 bridgehead atoms. The van der Waals surface area contributed by atoms with Gasteiger partial charge in [0.2, 0.25) is 0 Å². The first-order valence-electron chi connectivity index (χ1n) is 9.46. The minimum Gasteiger partial charge on any atom is -0.481 e. The van der Waals surface area contributed by atoms with Gasteiger partial charge in [0.1, 0.15) is 12.4 Å². The van der Waals surface area contributed by atoms with E-state index in [1.54, 1.807) is 6.26 Å². The highest BCUT2D eigenvalue weighted by Crippen LogP contribution is 2.15. The van der Waals surface area contributed by atoms with Gasteiger partial charge in [-0.15, -0.1) is 0 Å². The summed E-state index contributed by atoms with van der Waals surface area (Å²) in [6.07, 6.45) is 13.1. The van der Waals surface area contributed by atoms with Crippen LogP contribution in [0.2, 0.25) is 0 Å². The Hall–Kier alpha value is -1.63. The molecule has 1 heterocycles. The van der Waals surface area contributed by atoms with Crippen LogP contribution in [0.15, 0.2) is 36.3 Å². The van der Waals surface area contributed by atoms with Crippen LogP contribution < -0.4 is 0 Å². The van der Waals surface area contributed by atoms with Gasteiger partial charge in [0.25, 0.3) is 0 Å². The van der Waals surface area contributed by atoms with Crippen molar-refractivity contribution < 1.29 is 30.0 Å². The summed E-state index contributed by atoms with van der Waals surface area (Å²) in [5.74, 6) is 0.0949. The van der Waals surface area contributed by atoms with E-state index < -0.39 is 24.3 Å². The Bertz CT molecular complexity index is 483. The van der Waals surface area contributed by atoms with E-state index in [0.717, 1.165) is 44.3 Å². The summed E-state index contributed by atoms with van der Waals surface area (Å²) in [4.78, 5) is 10.4. The molecule has 1 rings (SSSR count). The molecule has 6 nitrogen and oxygen atoms in total. The topological polar surface area (TPSA) is 111 Å². The minimum atomic E-state index is -1.12. The van der Waals surface area contributed by atoms with E-state index in [9.17, 15) is 20.1 Å². The van der Waals surface area contributed by atoms with Crippen LogP contribution in [-0.4, -0.2) is 44.7 Å². The van der Waals surface area contributed by atoms with Crippen molar-refractivity contribution in [2.75, 3.05) is 0 Å². The maximum absolute atomic E-state index is 10.4. The number of carbonyl (C=O) groups is 1. The van der Waals surface area contributed by atoms with Gasteiger partial charge in [-0.2, -0.15) is 0 Å². The normalized spacial score (nSPS) is 17.1. The Balaban J connectivity index is 2.01. The molecule has 0 aromatic carbocycles. The first-order valence-corrected chi connectivity index (χ1v) is 9.46. The van der Waals surface area contributed by atoms with Crippen LogP contribution in [0.5, 0.6) is 0 Å². The van der Waals surface area contributed by atoms with Crippen LogP contribution in [0.1, 0.15) is 64.2 Å². The largest absolute Gasteiger partial charge is 0.481 e. The van der Waals surface area contributed by atoms with Gasteiger partial charge in [-0.1, -0.05) is 43.9 Å². The Morgan fingerprint density at radius 3 is 2.23 bits per heavy atom. The molecule has 148 valence electrons. The fraction of sp³-hybridized carbons (Fsp3) is 0.650. The van der Waals surface area contributed by atoms with Crippen molar-refractivity contribution in [3.63, 3.8) is 0 Å². The minimum absolute atomic E-state index is 0.200. The maximum atomic E-state index is 10.4. The highest BCUT2D eigenvalue weighted by Gasteiger charge is 2.23. The van der Waals surface area contributed by atoms with Crippen LogP contribution in [0.4, 0.5) is 0 Å². The summed E-state index contributed by atoms with van der Waals surface area (Å²) in [6.45, 7) is 0. The molecule has 4 N–H and O–H groups in total. The molecule has 0 aromatic rings. The lowest BCUT2D eigenvalue weighted by atomic mass is 9.98. The number of carboxylic acids is 1. The second kappa shape index (κ2) is 13.6. The van der Waals surface area contributed by atoms with E-state index in [0.29, 0.717) is 19.3 Å². The molecular formula is C20H32O6. The van der Waals surface area contributed by atoms with Gasteiger partial charge < -0.3 is 25.2 Å². The van der Waals surface area contributed by atoms with Crippen molar-refractivity contribution in [2.24, 2.45) is 0 Å². The smallest absolute Gasteiger partial charge is 0.303 e. The number of allylic oxidation sites excluding steroid dienone is 4. The van der Waals surface area contributed by atoms with Gasteiger partial charge in [0.05, 0.1) is 12.2 Å². The second-order valence-corrected chi connectivity index (χ2v) is 6.68. The van der Waals surface area contributed by atoms with Crippen molar-refractivity contribution >= 4 is 5.97 Å². The Morgan fingerprint density at radius 1 is 0.962 bits per heavy atom. The van der Waals surface area contributed by atoms with E-state index in [2.05, 4.69) is 0 Å². The second-order valence-electron chi connectivity index (χ2n) is 6.68. The van der Waals surface area contributed by atoms with Gasteiger partial charge in [-0.3, -0.25) is 4.79 Å². The van der Waals surface area contributed by atoms with Crippen molar-refractivity contribution in [2.45, 2.75) is 82.5 Å². The number of aliphatic hydroxyl groups is 3. The molecule has 0 spiro atoms. The van der Waals surface area contributed by atoms with Crippen LogP contribution in [0.3, 0.4) is 0 Å². The maximum Gasteiger partial charge on any atom is 0.303 e. The van der Waals surface area contributed by atoms with Gasteiger partial charge in [-0.25, -0.2) is 0 Å². The number of aliphatic carboxylic acids is 1. The molecule has 0 amide bonds. The Morgan fingerprint density at radius 2 is 1.58 bits per heavy atom. The highest BCUT2D eigenvalue weighted by molar-refractivity contribution is 5.66. The summed E-state index contributed by atoms with van der Waals surface area (Å²) >= 11 is 0. The standard InChI is InChI=1S/C20H32O6/c21-17(12-8-4-1-3-7-11-16-15-26-16)20(25)18(22)13-9-5-2-6-10-14-19(23)24/h1,3,7,11,15,17-18,20-22,25H,2,4-6,8-10,12-14H2,(H,23,24). The zero-order valence-corrected chi connectivity index (χ0v) is 15.3. The average Bonchev–Trinajstić information content (AvgIpc) is 3.43. The molecule has 1 aliphatic heterocycles. The zero-order valence-electron chi connectivity index (χ0n) is 15.3. The average molecular weight is 368 g/mol. The Labute approximate surface area is 155 Å². The molecule has 0 aliphatic carbocycles. The lowest BCUT2D eigenvalue weighted by molar-refractivity contribution is -0.137. The molecule has 26 heavy (non-hydrogen) atoms. The number of aliphatic hydroxyl groups excluding tert-OH is 3. The molecule has 0 radical (unpaired) electrons. The summed E-state index contributed by atoms with van der Waals surface area (Å²) in [5, 5.41) is 38.5. The summed E-state index contributed by atoms with van der Waals surface area (Å²) < 4.78 is 4.84. The molecule has 3 atom stereocenters. The van der Waals surface area contributed by atoms with Crippen LogP contribution >= 0.6 is 0 Å². The molecule has 0 saturated carbocycles. The first kappa shape index (κ1) is 22.4. The van der Waals surface area contributed by atoms with Crippen molar-refractivity contribution in [1.82, 2.24) is 0 Å². The monoisotopic (exact) mass is 368 g/mol. The number of hydrogen-bond donors (Lipinski definition) is 4. The number of unbranched alkanes of at least 4 members (excludes halogenated alkanes) is 5. The molecule has 3 unspecified atom stereocenters. The van der Waals surface area contributed by atoms with Gasteiger partial charge in [0.15, 0.2) is 5.76 Å². The van der Waals surface area contributed by atoms with Crippen molar-refractivity contribution in [1.29, 1.82) is 0 Å².